The Balaban J connectivity index is 1.72. The number of ether oxygens (including phenoxy) is 1. The molecule has 0 amide bonds. The van der Waals surface area contributed by atoms with Crippen LogP contribution in [0, 0.1) is 0 Å². The van der Waals surface area contributed by atoms with Gasteiger partial charge in [-0.3, -0.25) is 9.59 Å². The van der Waals surface area contributed by atoms with Gasteiger partial charge >= 0.3 is 0 Å². The largest absolute Gasteiger partial charge is 0.507 e. The van der Waals surface area contributed by atoms with E-state index in [4.69, 9.17) is 4.74 Å². The van der Waals surface area contributed by atoms with E-state index >= 15 is 0 Å². The summed E-state index contributed by atoms with van der Waals surface area (Å²) in [6, 6.07) is 17.2. The van der Waals surface area contributed by atoms with Crippen LogP contribution < -0.4 is 4.74 Å². The zero-order valence-corrected chi connectivity index (χ0v) is 12.5. The van der Waals surface area contributed by atoms with Crippen LogP contribution in [-0.2, 0) is 0 Å². The fourth-order valence-electron chi connectivity index (χ4n) is 2.89. The molecule has 116 valence electrons. The molecule has 4 nitrogen and oxygen atoms in total. The fourth-order valence-corrected chi connectivity index (χ4v) is 2.89. The van der Waals surface area contributed by atoms with Gasteiger partial charge in [0.25, 0.3) is 0 Å². The highest BCUT2D eigenvalue weighted by atomic mass is 16.5. The third-order valence-electron chi connectivity index (χ3n) is 4.06. The predicted molar refractivity (Wildman–Crippen MR) is 88.9 cm³/mol. The van der Waals surface area contributed by atoms with Crippen LogP contribution in [0.15, 0.2) is 60.7 Å². The first-order valence-electron chi connectivity index (χ1n) is 7.41. The number of ketones is 1. The van der Waals surface area contributed by atoms with Gasteiger partial charge in [0.05, 0.1) is 5.56 Å². The molecule has 0 spiro atoms. The van der Waals surface area contributed by atoms with E-state index in [-0.39, 0.29) is 17.1 Å². The van der Waals surface area contributed by atoms with Crippen molar-refractivity contribution >= 4 is 12.1 Å². The maximum Gasteiger partial charge on any atom is 0.194 e. The van der Waals surface area contributed by atoms with Crippen molar-refractivity contribution in [3.63, 3.8) is 0 Å². The molecule has 1 N–H and O–H groups in total. The first kappa shape index (κ1) is 14.2. The van der Waals surface area contributed by atoms with Crippen molar-refractivity contribution in [1.82, 2.24) is 0 Å². The van der Waals surface area contributed by atoms with E-state index in [9.17, 15) is 14.7 Å². The molecule has 4 heteroatoms. The highest BCUT2D eigenvalue weighted by Crippen LogP contribution is 2.39. The maximum absolute atomic E-state index is 12.4. The first-order valence-corrected chi connectivity index (χ1v) is 7.41. The van der Waals surface area contributed by atoms with Gasteiger partial charge < -0.3 is 9.84 Å². The summed E-state index contributed by atoms with van der Waals surface area (Å²) in [5.74, 6) is 0.844. The number of phenolic OH excluding ortho intramolecular Hbond substituents is 1. The summed E-state index contributed by atoms with van der Waals surface area (Å²) in [5, 5.41) is 9.73. The molecule has 0 fully saturated rings. The van der Waals surface area contributed by atoms with Gasteiger partial charge in [0.2, 0.25) is 0 Å². The lowest BCUT2D eigenvalue weighted by Gasteiger charge is -2.08. The SMILES string of the molecule is O=Cc1ccc(Oc2ccc3c(c2)-c2ccccc2C3=O)cc1O. The second kappa shape index (κ2) is 5.35. The van der Waals surface area contributed by atoms with Gasteiger partial charge in [-0.2, -0.15) is 0 Å². The first-order chi connectivity index (χ1) is 11.7. The minimum atomic E-state index is -0.135. The molecule has 0 radical (unpaired) electrons. The van der Waals surface area contributed by atoms with Crippen molar-refractivity contribution in [2.24, 2.45) is 0 Å². The minimum absolute atomic E-state index is 0.0140. The number of rotatable bonds is 3. The molecule has 3 aromatic carbocycles. The summed E-state index contributed by atoms with van der Waals surface area (Å²) in [5.41, 5.74) is 3.28. The molecule has 0 heterocycles. The van der Waals surface area contributed by atoms with Crippen LogP contribution in [0.5, 0.6) is 17.2 Å². The number of fused-ring (bicyclic) bond motifs is 3. The second-order valence-corrected chi connectivity index (χ2v) is 5.52. The summed E-state index contributed by atoms with van der Waals surface area (Å²) >= 11 is 0. The Labute approximate surface area is 138 Å². The lowest BCUT2D eigenvalue weighted by atomic mass is 10.1. The molecule has 1 aliphatic rings. The number of hydrogen-bond acceptors (Lipinski definition) is 4. The van der Waals surface area contributed by atoms with E-state index in [1.807, 2.05) is 30.3 Å². The van der Waals surface area contributed by atoms with Gasteiger partial charge in [0.15, 0.2) is 12.1 Å². The number of phenols is 1. The molecule has 0 aliphatic heterocycles. The molecule has 0 atom stereocenters. The Bertz CT molecular complexity index is 989. The van der Waals surface area contributed by atoms with E-state index in [1.165, 1.54) is 12.1 Å². The smallest absolute Gasteiger partial charge is 0.194 e. The third kappa shape index (κ3) is 2.16. The maximum atomic E-state index is 12.4. The number of benzene rings is 3. The van der Waals surface area contributed by atoms with E-state index in [0.29, 0.717) is 28.9 Å². The van der Waals surface area contributed by atoms with Crippen LogP contribution in [0.1, 0.15) is 26.3 Å². The quantitative estimate of drug-likeness (QED) is 0.575. The van der Waals surface area contributed by atoms with Crippen molar-refractivity contribution < 1.29 is 19.4 Å². The lowest BCUT2D eigenvalue weighted by Crippen LogP contribution is -1.94. The van der Waals surface area contributed by atoms with Crippen molar-refractivity contribution in [2.75, 3.05) is 0 Å². The Morgan fingerprint density at radius 3 is 2.21 bits per heavy atom. The van der Waals surface area contributed by atoms with Gasteiger partial charge in [-0.15, -0.1) is 0 Å². The number of hydrogen-bond donors (Lipinski definition) is 1. The molecular weight excluding hydrogens is 304 g/mol. The Morgan fingerprint density at radius 1 is 0.792 bits per heavy atom. The van der Waals surface area contributed by atoms with E-state index in [1.54, 1.807) is 18.2 Å². The number of aromatic hydroxyl groups is 1. The molecule has 0 saturated heterocycles. The summed E-state index contributed by atoms with van der Waals surface area (Å²) in [6.45, 7) is 0. The summed E-state index contributed by atoms with van der Waals surface area (Å²) in [7, 11) is 0. The zero-order chi connectivity index (χ0) is 16.7. The standard InChI is InChI=1S/C20H12O4/c21-11-12-5-6-14(10-19(12)22)24-13-7-8-17-18(9-13)15-3-1-2-4-16(15)20(17)23/h1-11,22H. The molecule has 0 unspecified atom stereocenters. The van der Waals surface area contributed by atoms with Crippen molar-refractivity contribution in [3.05, 3.63) is 77.4 Å². The van der Waals surface area contributed by atoms with E-state index in [2.05, 4.69) is 0 Å². The Kier molecular flexibility index (Phi) is 3.17. The van der Waals surface area contributed by atoms with Crippen LogP contribution in [0.25, 0.3) is 11.1 Å². The minimum Gasteiger partial charge on any atom is -0.507 e. The van der Waals surface area contributed by atoms with Crippen LogP contribution in [0.4, 0.5) is 0 Å². The number of aldehydes is 1. The van der Waals surface area contributed by atoms with Gasteiger partial charge in [-0.1, -0.05) is 24.3 Å². The fraction of sp³-hybridized carbons (Fsp3) is 0. The van der Waals surface area contributed by atoms with Crippen LogP contribution in [-0.4, -0.2) is 17.2 Å². The average Bonchev–Trinajstić information content (AvgIpc) is 2.88. The third-order valence-corrected chi connectivity index (χ3v) is 4.06. The molecule has 0 bridgehead atoms. The summed E-state index contributed by atoms with van der Waals surface area (Å²) in [4.78, 5) is 23.1. The zero-order valence-electron chi connectivity index (χ0n) is 12.5. The Hall–Kier alpha value is -3.40. The summed E-state index contributed by atoms with van der Waals surface area (Å²) < 4.78 is 5.75. The monoisotopic (exact) mass is 316 g/mol. The van der Waals surface area contributed by atoms with Gasteiger partial charge in [0, 0.05) is 17.2 Å². The molecule has 1 aliphatic carbocycles. The molecule has 24 heavy (non-hydrogen) atoms. The molecule has 0 aromatic heterocycles. The normalized spacial score (nSPS) is 11.8. The lowest BCUT2D eigenvalue weighted by molar-refractivity contribution is 0.104. The molecule has 4 rings (SSSR count). The number of carbonyl (C=O) groups excluding carboxylic acids is 2. The van der Waals surface area contributed by atoms with Crippen LogP contribution in [0.3, 0.4) is 0 Å². The average molecular weight is 316 g/mol. The predicted octanol–water partition coefficient (Wildman–Crippen LogP) is 4.21. The number of carbonyl (C=O) groups is 2. The highest BCUT2D eigenvalue weighted by Gasteiger charge is 2.26. The van der Waals surface area contributed by atoms with Gasteiger partial charge in [0.1, 0.15) is 17.2 Å². The molecular formula is C20H12O4. The molecule has 3 aromatic rings. The molecule has 0 saturated carbocycles. The van der Waals surface area contributed by atoms with Gasteiger partial charge in [-0.25, -0.2) is 0 Å². The van der Waals surface area contributed by atoms with Crippen molar-refractivity contribution in [3.8, 4) is 28.4 Å². The topological polar surface area (TPSA) is 63.6 Å². The van der Waals surface area contributed by atoms with E-state index in [0.717, 1.165) is 11.1 Å². The van der Waals surface area contributed by atoms with Crippen molar-refractivity contribution in [2.45, 2.75) is 0 Å². The van der Waals surface area contributed by atoms with Crippen LogP contribution >= 0.6 is 0 Å². The van der Waals surface area contributed by atoms with E-state index < -0.39 is 0 Å². The van der Waals surface area contributed by atoms with Crippen LogP contribution in [0.2, 0.25) is 0 Å². The Morgan fingerprint density at radius 2 is 1.46 bits per heavy atom. The second-order valence-electron chi connectivity index (χ2n) is 5.52. The highest BCUT2D eigenvalue weighted by molar-refractivity contribution is 6.21. The van der Waals surface area contributed by atoms with Gasteiger partial charge in [-0.05, 0) is 41.5 Å². The van der Waals surface area contributed by atoms with Crippen molar-refractivity contribution in [1.29, 1.82) is 0 Å². The summed E-state index contributed by atoms with van der Waals surface area (Å²) in [6.07, 6.45) is 0.580.